The van der Waals surface area contributed by atoms with Gasteiger partial charge in [-0.25, -0.2) is 4.39 Å². The average Bonchev–Trinajstić information content (AvgIpc) is 3.11. The molecule has 0 atom stereocenters. The second kappa shape index (κ2) is 6.81. The third-order valence-corrected chi connectivity index (χ3v) is 6.58. The van der Waals surface area contributed by atoms with Crippen molar-refractivity contribution in [3.8, 4) is 11.5 Å². The summed E-state index contributed by atoms with van der Waals surface area (Å²) in [4.78, 5) is 13.8. The number of carbonyl (C=O) groups is 1. The summed E-state index contributed by atoms with van der Waals surface area (Å²) in [7, 11) is 0. The van der Waals surface area contributed by atoms with Gasteiger partial charge in [0.15, 0.2) is 0 Å². The van der Waals surface area contributed by atoms with Crippen molar-refractivity contribution in [2.45, 2.75) is 5.41 Å². The highest BCUT2D eigenvalue weighted by Crippen LogP contribution is 2.54. The lowest BCUT2D eigenvalue weighted by Crippen LogP contribution is -2.37. The van der Waals surface area contributed by atoms with Gasteiger partial charge < -0.3 is 15.5 Å². The Bertz CT molecular complexity index is 1520. The molecule has 1 amide bonds. The zero-order valence-electron chi connectivity index (χ0n) is 17.3. The molecule has 1 aliphatic heterocycles. The summed E-state index contributed by atoms with van der Waals surface area (Å²) in [6.07, 6.45) is 0. The van der Waals surface area contributed by atoms with Crippen molar-refractivity contribution >= 4 is 33.1 Å². The number of phenolic OH excluding ortho intramolecular Hbond substituents is 2. The number of amides is 1. The fourth-order valence-corrected chi connectivity index (χ4v) is 5.07. The molecular weight excluding hydrogens is 417 g/mol. The van der Waals surface area contributed by atoms with E-state index in [2.05, 4.69) is 5.32 Å². The Labute approximate surface area is 188 Å². The minimum absolute atomic E-state index is 0.0899. The van der Waals surface area contributed by atoms with E-state index in [1.54, 1.807) is 36.4 Å². The third kappa shape index (κ3) is 2.53. The van der Waals surface area contributed by atoms with Crippen LogP contribution in [0.5, 0.6) is 11.5 Å². The molecule has 0 saturated heterocycles. The molecule has 160 valence electrons. The first kappa shape index (κ1) is 19.3. The molecule has 0 aromatic heterocycles. The number of phenols is 2. The second-order valence-electron chi connectivity index (χ2n) is 8.26. The average molecular weight is 435 g/mol. The molecular formula is C28H18FNO3. The fraction of sp³-hybridized carbons (Fsp3) is 0.0357. The zero-order valence-corrected chi connectivity index (χ0v) is 17.3. The Hall–Kier alpha value is -4.38. The van der Waals surface area contributed by atoms with Crippen LogP contribution in [0.1, 0.15) is 16.7 Å². The van der Waals surface area contributed by atoms with Crippen molar-refractivity contribution in [1.82, 2.24) is 0 Å². The molecule has 0 bridgehead atoms. The van der Waals surface area contributed by atoms with Crippen LogP contribution in [0.3, 0.4) is 0 Å². The van der Waals surface area contributed by atoms with E-state index in [9.17, 15) is 19.4 Å². The number of carbonyl (C=O) groups excluding carboxylic acids is 1. The summed E-state index contributed by atoms with van der Waals surface area (Å²) in [6, 6.07) is 25.6. The van der Waals surface area contributed by atoms with E-state index < -0.39 is 17.1 Å². The van der Waals surface area contributed by atoms with Crippen LogP contribution in [0.4, 0.5) is 10.1 Å². The molecule has 0 aliphatic carbocycles. The molecule has 1 aliphatic rings. The van der Waals surface area contributed by atoms with Gasteiger partial charge in [0.2, 0.25) is 5.91 Å². The normalized spacial score (nSPS) is 14.4. The number of rotatable bonds is 2. The highest BCUT2D eigenvalue weighted by molar-refractivity contribution is 6.13. The summed E-state index contributed by atoms with van der Waals surface area (Å²) in [5.74, 6) is -1.17. The first-order valence-corrected chi connectivity index (χ1v) is 10.6. The molecule has 33 heavy (non-hydrogen) atoms. The van der Waals surface area contributed by atoms with E-state index in [1.807, 2.05) is 36.4 Å². The van der Waals surface area contributed by atoms with Gasteiger partial charge in [-0.05, 0) is 29.0 Å². The second-order valence-corrected chi connectivity index (χ2v) is 8.26. The third-order valence-electron chi connectivity index (χ3n) is 6.58. The number of anilines is 1. The van der Waals surface area contributed by atoms with Gasteiger partial charge in [0, 0.05) is 33.2 Å². The molecule has 0 saturated carbocycles. The highest BCUT2D eigenvalue weighted by atomic mass is 19.1. The minimum Gasteiger partial charge on any atom is -0.507 e. The lowest BCUT2D eigenvalue weighted by Gasteiger charge is -2.31. The first-order chi connectivity index (χ1) is 16.0. The quantitative estimate of drug-likeness (QED) is 0.327. The van der Waals surface area contributed by atoms with Gasteiger partial charge >= 0.3 is 0 Å². The molecule has 6 rings (SSSR count). The standard InChI is InChI=1S/C28H18FNO3/c29-18-11-14-24-23(15-18)28(27(33)30-24,21-12-9-16-5-1-3-7-19(16)25(21)31)22-13-10-17-6-2-4-8-20(17)26(22)32/h1-15,31-32H,(H,30,33). The Morgan fingerprint density at radius 1 is 0.667 bits per heavy atom. The zero-order chi connectivity index (χ0) is 22.7. The van der Waals surface area contributed by atoms with Gasteiger partial charge in [-0.2, -0.15) is 0 Å². The molecule has 5 aromatic carbocycles. The number of hydrogen-bond donors (Lipinski definition) is 3. The van der Waals surface area contributed by atoms with Crippen LogP contribution in [0, 0.1) is 5.82 Å². The maximum absolute atomic E-state index is 14.5. The largest absolute Gasteiger partial charge is 0.507 e. The van der Waals surface area contributed by atoms with Crippen LogP contribution >= 0.6 is 0 Å². The van der Waals surface area contributed by atoms with Crippen LogP contribution in [0.25, 0.3) is 21.5 Å². The maximum Gasteiger partial charge on any atom is 0.244 e. The Kier molecular flexibility index (Phi) is 3.98. The Morgan fingerprint density at radius 3 is 1.79 bits per heavy atom. The molecule has 3 N–H and O–H groups in total. The number of aromatic hydroxyl groups is 2. The molecule has 0 unspecified atom stereocenters. The van der Waals surface area contributed by atoms with Gasteiger partial charge in [-0.1, -0.05) is 72.8 Å². The van der Waals surface area contributed by atoms with E-state index in [4.69, 9.17) is 0 Å². The van der Waals surface area contributed by atoms with E-state index in [1.165, 1.54) is 18.2 Å². The Morgan fingerprint density at radius 2 is 1.21 bits per heavy atom. The van der Waals surface area contributed by atoms with Crippen LogP contribution in [0.15, 0.2) is 91.0 Å². The highest BCUT2D eigenvalue weighted by Gasteiger charge is 2.53. The van der Waals surface area contributed by atoms with Gasteiger partial charge in [0.1, 0.15) is 22.7 Å². The number of halogens is 1. The SMILES string of the molecule is O=C1Nc2ccc(F)cc2C1(c1ccc2ccccc2c1O)c1ccc2ccccc2c1O. The van der Waals surface area contributed by atoms with Crippen LogP contribution in [-0.2, 0) is 10.2 Å². The minimum atomic E-state index is -1.65. The van der Waals surface area contributed by atoms with E-state index >= 15 is 0 Å². The van der Waals surface area contributed by atoms with Crippen molar-refractivity contribution in [3.63, 3.8) is 0 Å². The smallest absolute Gasteiger partial charge is 0.244 e. The van der Waals surface area contributed by atoms with E-state index in [-0.39, 0.29) is 22.6 Å². The summed E-state index contributed by atoms with van der Waals surface area (Å²) >= 11 is 0. The summed E-state index contributed by atoms with van der Waals surface area (Å²) < 4.78 is 14.5. The number of benzene rings is 5. The lowest BCUT2D eigenvalue weighted by atomic mass is 9.68. The molecule has 5 heteroatoms. The number of hydrogen-bond acceptors (Lipinski definition) is 3. The van der Waals surface area contributed by atoms with Crippen molar-refractivity contribution in [3.05, 3.63) is 114 Å². The molecule has 1 heterocycles. The van der Waals surface area contributed by atoms with Crippen molar-refractivity contribution in [2.75, 3.05) is 5.32 Å². The number of nitrogens with one attached hydrogen (secondary N) is 1. The van der Waals surface area contributed by atoms with Gasteiger partial charge in [0.25, 0.3) is 0 Å². The van der Waals surface area contributed by atoms with Gasteiger partial charge in [-0.15, -0.1) is 0 Å². The summed E-state index contributed by atoms with van der Waals surface area (Å²) in [6.45, 7) is 0. The van der Waals surface area contributed by atoms with Crippen LogP contribution < -0.4 is 5.32 Å². The lowest BCUT2D eigenvalue weighted by molar-refractivity contribution is -0.118. The predicted octanol–water partition coefficient (Wildman–Crippen LogP) is 5.83. The van der Waals surface area contributed by atoms with Crippen molar-refractivity contribution in [2.24, 2.45) is 0 Å². The number of fused-ring (bicyclic) bond motifs is 3. The molecule has 0 spiro atoms. The summed E-state index contributed by atoms with van der Waals surface area (Å²) in [5, 5.41) is 28.4. The van der Waals surface area contributed by atoms with Crippen LogP contribution in [0.2, 0.25) is 0 Å². The molecule has 0 radical (unpaired) electrons. The van der Waals surface area contributed by atoms with Crippen LogP contribution in [-0.4, -0.2) is 16.1 Å². The first-order valence-electron chi connectivity index (χ1n) is 10.6. The van der Waals surface area contributed by atoms with E-state index in [0.717, 1.165) is 10.8 Å². The maximum atomic E-state index is 14.5. The summed E-state index contributed by atoms with van der Waals surface area (Å²) in [5.41, 5.74) is -0.341. The predicted molar refractivity (Wildman–Crippen MR) is 126 cm³/mol. The van der Waals surface area contributed by atoms with Crippen molar-refractivity contribution in [1.29, 1.82) is 0 Å². The van der Waals surface area contributed by atoms with Crippen molar-refractivity contribution < 1.29 is 19.4 Å². The fourth-order valence-electron chi connectivity index (χ4n) is 5.07. The monoisotopic (exact) mass is 435 g/mol. The van der Waals surface area contributed by atoms with Gasteiger partial charge in [-0.3, -0.25) is 4.79 Å². The Balaban J connectivity index is 1.79. The topological polar surface area (TPSA) is 69.6 Å². The molecule has 0 fully saturated rings. The molecule has 5 aromatic rings. The molecule has 4 nitrogen and oxygen atoms in total. The van der Waals surface area contributed by atoms with E-state index in [0.29, 0.717) is 22.0 Å². The van der Waals surface area contributed by atoms with Gasteiger partial charge in [0.05, 0.1) is 0 Å².